The Bertz CT molecular complexity index is 352. The van der Waals surface area contributed by atoms with E-state index in [-0.39, 0.29) is 12.5 Å². The summed E-state index contributed by atoms with van der Waals surface area (Å²) < 4.78 is 10.5. The van der Waals surface area contributed by atoms with Gasteiger partial charge in [0.2, 0.25) is 0 Å². The summed E-state index contributed by atoms with van der Waals surface area (Å²) in [7, 11) is 0. The van der Waals surface area contributed by atoms with Gasteiger partial charge in [0.15, 0.2) is 6.61 Å². The molecule has 18 heavy (non-hydrogen) atoms. The lowest BCUT2D eigenvalue weighted by atomic mass is 10.2. The second-order valence-corrected chi connectivity index (χ2v) is 3.85. The lowest BCUT2D eigenvalue weighted by Gasteiger charge is -2.07. The molecule has 0 aliphatic rings. The predicted octanol–water partition coefficient (Wildman–Crippen LogP) is 0.465. The highest BCUT2D eigenvalue weighted by Crippen LogP contribution is 2.10. The Morgan fingerprint density at radius 3 is 2.67 bits per heavy atom. The third-order valence-corrected chi connectivity index (χ3v) is 2.22. The molecule has 0 aliphatic carbocycles. The minimum Gasteiger partial charge on any atom is -0.484 e. The second kappa shape index (κ2) is 8.49. The van der Waals surface area contributed by atoms with Gasteiger partial charge in [-0.1, -0.05) is 17.7 Å². The van der Waals surface area contributed by atoms with Crippen LogP contribution < -0.4 is 15.8 Å². The van der Waals surface area contributed by atoms with Crippen molar-refractivity contribution in [3.8, 4) is 5.75 Å². The van der Waals surface area contributed by atoms with E-state index in [2.05, 4.69) is 5.32 Å². The summed E-state index contributed by atoms with van der Waals surface area (Å²) in [6, 6.07) is 7.56. The smallest absolute Gasteiger partial charge is 0.258 e. The summed E-state index contributed by atoms with van der Waals surface area (Å²) in [4.78, 5) is 11.4. The lowest BCUT2D eigenvalue weighted by molar-refractivity contribution is -0.123. The molecule has 1 aromatic carbocycles. The first-order chi connectivity index (χ1) is 8.72. The van der Waals surface area contributed by atoms with Crippen LogP contribution in [0.15, 0.2) is 24.3 Å². The van der Waals surface area contributed by atoms with Gasteiger partial charge < -0.3 is 20.5 Å². The minimum atomic E-state index is -0.160. The second-order valence-electron chi connectivity index (χ2n) is 3.85. The van der Waals surface area contributed by atoms with Crippen molar-refractivity contribution in [2.24, 2.45) is 5.73 Å². The Hall–Kier alpha value is -1.59. The van der Waals surface area contributed by atoms with Crippen LogP contribution in [-0.4, -0.2) is 38.8 Å². The van der Waals surface area contributed by atoms with Crippen molar-refractivity contribution >= 4 is 5.91 Å². The van der Waals surface area contributed by atoms with Gasteiger partial charge >= 0.3 is 0 Å². The Morgan fingerprint density at radius 1 is 1.28 bits per heavy atom. The first kappa shape index (κ1) is 14.5. The monoisotopic (exact) mass is 252 g/mol. The summed E-state index contributed by atoms with van der Waals surface area (Å²) in [5.41, 5.74) is 6.42. The van der Waals surface area contributed by atoms with E-state index < -0.39 is 0 Å². The molecule has 0 heterocycles. The van der Waals surface area contributed by atoms with Crippen LogP contribution in [0.25, 0.3) is 0 Å². The molecule has 1 aromatic rings. The molecule has 0 bridgehead atoms. The fourth-order valence-electron chi connectivity index (χ4n) is 1.28. The number of carbonyl (C=O) groups is 1. The molecule has 5 nitrogen and oxygen atoms in total. The average Bonchev–Trinajstić information content (AvgIpc) is 2.38. The first-order valence-corrected chi connectivity index (χ1v) is 5.96. The van der Waals surface area contributed by atoms with Crippen LogP contribution >= 0.6 is 0 Å². The first-order valence-electron chi connectivity index (χ1n) is 5.96. The van der Waals surface area contributed by atoms with E-state index >= 15 is 0 Å². The summed E-state index contributed by atoms with van der Waals surface area (Å²) in [5.74, 6) is 0.530. The number of rotatable bonds is 8. The van der Waals surface area contributed by atoms with E-state index in [0.29, 0.717) is 32.1 Å². The summed E-state index contributed by atoms with van der Waals surface area (Å²) in [6.45, 7) is 3.95. The van der Waals surface area contributed by atoms with E-state index in [0.717, 1.165) is 5.56 Å². The standard InChI is InChI=1S/C13H20N2O3/c1-11-2-4-12(5-3-11)18-10-13(16)15-7-9-17-8-6-14/h2-5H,6-10,14H2,1H3,(H,15,16). The molecule has 0 radical (unpaired) electrons. The number of hydrogen-bond donors (Lipinski definition) is 2. The van der Waals surface area contributed by atoms with Crippen molar-refractivity contribution < 1.29 is 14.3 Å². The maximum Gasteiger partial charge on any atom is 0.258 e. The molecule has 0 spiro atoms. The van der Waals surface area contributed by atoms with Gasteiger partial charge in [0, 0.05) is 13.1 Å². The number of carbonyl (C=O) groups excluding carboxylic acids is 1. The average molecular weight is 252 g/mol. The molecule has 0 saturated carbocycles. The number of nitrogens with one attached hydrogen (secondary N) is 1. The zero-order valence-electron chi connectivity index (χ0n) is 10.6. The number of aryl methyl sites for hydroxylation is 1. The van der Waals surface area contributed by atoms with Crippen molar-refractivity contribution in [3.05, 3.63) is 29.8 Å². The van der Waals surface area contributed by atoms with Gasteiger partial charge in [0.05, 0.1) is 13.2 Å². The van der Waals surface area contributed by atoms with Crippen molar-refractivity contribution in [3.63, 3.8) is 0 Å². The fraction of sp³-hybridized carbons (Fsp3) is 0.462. The maximum absolute atomic E-state index is 11.4. The van der Waals surface area contributed by atoms with E-state index in [1.165, 1.54) is 0 Å². The van der Waals surface area contributed by atoms with Crippen LogP contribution in [0.5, 0.6) is 5.75 Å². The molecule has 0 aliphatic heterocycles. The Kier molecular flexibility index (Phi) is 6.83. The molecule has 0 atom stereocenters. The number of ether oxygens (including phenoxy) is 2. The molecule has 1 rings (SSSR count). The van der Waals surface area contributed by atoms with Crippen LogP contribution in [0.1, 0.15) is 5.56 Å². The van der Waals surface area contributed by atoms with Crippen LogP contribution in [-0.2, 0) is 9.53 Å². The van der Waals surface area contributed by atoms with Crippen LogP contribution in [0.4, 0.5) is 0 Å². The summed E-state index contributed by atoms with van der Waals surface area (Å²) in [6.07, 6.45) is 0. The quantitative estimate of drug-likeness (QED) is 0.659. The number of nitrogens with two attached hydrogens (primary N) is 1. The largest absolute Gasteiger partial charge is 0.484 e. The van der Waals surface area contributed by atoms with Gasteiger partial charge in [0.25, 0.3) is 5.91 Å². The Labute approximate surface area is 107 Å². The van der Waals surface area contributed by atoms with Gasteiger partial charge in [0.1, 0.15) is 5.75 Å². The molecule has 3 N–H and O–H groups in total. The highest BCUT2D eigenvalue weighted by molar-refractivity contribution is 5.77. The number of benzene rings is 1. The highest BCUT2D eigenvalue weighted by atomic mass is 16.5. The molecule has 0 unspecified atom stereocenters. The zero-order valence-corrected chi connectivity index (χ0v) is 10.6. The SMILES string of the molecule is Cc1ccc(OCC(=O)NCCOCCN)cc1. The lowest BCUT2D eigenvalue weighted by Crippen LogP contribution is -2.32. The zero-order chi connectivity index (χ0) is 13.2. The minimum absolute atomic E-state index is 0.0138. The molecule has 0 aromatic heterocycles. The van der Waals surface area contributed by atoms with Crippen LogP contribution in [0.3, 0.4) is 0 Å². The fourth-order valence-corrected chi connectivity index (χ4v) is 1.28. The van der Waals surface area contributed by atoms with Gasteiger partial charge in [-0.3, -0.25) is 4.79 Å². The van der Waals surface area contributed by atoms with Crippen molar-refractivity contribution in [2.45, 2.75) is 6.92 Å². The van der Waals surface area contributed by atoms with Crippen molar-refractivity contribution in [2.75, 3.05) is 32.9 Å². The van der Waals surface area contributed by atoms with E-state index in [1.807, 2.05) is 31.2 Å². The maximum atomic E-state index is 11.4. The molecular weight excluding hydrogens is 232 g/mol. The van der Waals surface area contributed by atoms with Gasteiger partial charge in [-0.25, -0.2) is 0 Å². The molecular formula is C13H20N2O3. The third-order valence-electron chi connectivity index (χ3n) is 2.22. The Balaban J connectivity index is 2.11. The van der Waals surface area contributed by atoms with Crippen molar-refractivity contribution in [1.29, 1.82) is 0 Å². The summed E-state index contributed by atoms with van der Waals surface area (Å²) >= 11 is 0. The van der Waals surface area contributed by atoms with Crippen molar-refractivity contribution in [1.82, 2.24) is 5.32 Å². The molecule has 1 amide bonds. The van der Waals surface area contributed by atoms with Gasteiger partial charge in [-0.05, 0) is 19.1 Å². The highest BCUT2D eigenvalue weighted by Gasteiger charge is 2.01. The Morgan fingerprint density at radius 2 is 2.00 bits per heavy atom. The van der Waals surface area contributed by atoms with Crippen LogP contribution in [0.2, 0.25) is 0 Å². The van der Waals surface area contributed by atoms with E-state index in [1.54, 1.807) is 0 Å². The molecule has 100 valence electrons. The van der Waals surface area contributed by atoms with Crippen LogP contribution in [0, 0.1) is 6.92 Å². The van der Waals surface area contributed by atoms with Gasteiger partial charge in [-0.15, -0.1) is 0 Å². The molecule has 0 fully saturated rings. The third kappa shape index (κ3) is 6.22. The normalized spacial score (nSPS) is 10.1. The number of amides is 1. The van der Waals surface area contributed by atoms with Gasteiger partial charge in [-0.2, -0.15) is 0 Å². The number of hydrogen-bond acceptors (Lipinski definition) is 4. The summed E-state index contributed by atoms with van der Waals surface area (Å²) in [5, 5.41) is 2.69. The predicted molar refractivity (Wildman–Crippen MR) is 69.6 cm³/mol. The molecule has 0 saturated heterocycles. The van der Waals surface area contributed by atoms with E-state index in [9.17, 15) is 4.79 Å². The topological polar surface area (TPSA) is 73.6 Å². The van der Waals surface area contributed by atoms with E-state index in [4.69, 9.17) is 15.2 Å². The molecule has 5 heteroatoms.